The van der Waals surface area contributed by atoms with Crippen molar-refractivity contribution >= 4 is 47.2 Å². The lowest BCUT2D eigenvalue weighted by Crippen LogP contribution is -2.57. The Morgan fingerprint density at radius 2 is 2.00 bits per heavy atom. The zero-order valence-corrected chi connectivity index (χ0v) is 16.1. The Kier molecular flexibility index (Phi) is 8.73. The molecule has 0 aromatic carbocycles. The maximum Gasteiger partial charge on any atom is 0.240 e. The molecule has 2 aliphatic heterocycles. The maximum absolute atomic E-state index is 12.2. The lowest BCUT2D eigenvalue weighted by molar-refractivity contribution is -0.129. The van der Waals surface area contributed by atoms with Crippen molar-refractivity contribution in [3.63, 3.8) is 0 Å². The minimum atomic E-state index is -0.763. The first-order valence-electron chi connectivity index (χ1n) is 8.02. The van der Waals surface area contributed by atoms with Gasteiger partial charge in [-0.2, -0.15) is 0 Å². The van der Waals surface area contributed by atoms with Crippen molar-refractivity contribution in [2.24, 2.45) is 5.73 Å². The van der Waals surface area contributed by atoms with Gasteiger partial charge in [-0.05, 0) is 25.7 Å². The number of carbonyl (C=O) groups excluding carboxylic acids is 1. The summed E-state index contributed by atoms with van der Waals surface area (Å²) in [6, 6.07) is 0. The first kappa shape index (κ1) is 21.4. The number of aromatic nitrogens is 1. The van der Waals surface area contributed by atoms with Gasteiger partial charge in [-0.25, -0.2) is 4.98 Å². The van der Waals surface area contributed by atoms with Gasteiger partial charge in [0.1, 0.15) is 0 Å². The Hall–Kier alpha value is -0.600. The van der Waals surface area contributed by atoms with E-state index in [1.165, 1.54) is 12.8 Å². The van der Waals surface area contributed by atoms with Crippen molar-refractivity contribution in [2.75, 3.05) is 37.7 Å². The number of amides is 1. The first-order valence-corrected chi connectivity index (χ1v) is 8.90. The molecule has 3 heterocycles. The first-order chi connectivity index (χ1) is 10.7. The van der Waals surface area contributed by atoms with Gasteiger partial charge in [-0.1, -0.05) is 0 Å². The van der Waals surface area contributed by atoms with Crippen molar-refractivity contribution in [3.8, 4) is 0 Å². The Balaban J connectivity index is 0.00000144. The normalized spacial score (nSPS) is 19.3. The van der Waals surface area contributed by atoms with Crippen LogP contribution in [0.1, 0.15) is 31.4 Å². The van der Waals surface area contributed by atoms with Gasteiger partial charge in [0, 0.05) is 44.6 Å². The molecule has 1 aromatic rings. The average Bonchev–Trinajstić information content (AvgIpc) is 3.19. The number of nitrogens with one attached hydrogen (secondary N) is 1. The second-order valence-electron chi connectivity index (χ2n) is 6.09. The van der Waals surface area contributed by atoms with E-state index in [1.54, 1.807) is 11.3 Å². The predicted molar refractivity (Wildman–Crippen MR) is 102 cm³/mol. The molecule has 24 heavy (non-hydrogen) atoms. The van der Waals surface area contributed by atoms with E-state index in [1.807, 2.05) is 0 Å². The number of thiazole rings is 1. The van der Waals surface area contributed by atoms with Gasteiger partial charge in [0.2, 0.25) is 5.91 Å². The number of halogens is 2. The summed E-state index contributed by atoms with van der Waals surface area (Å²) < 4.78 is 5.27. The monoisotopic (exact) mass is 396 g/mol. The van der Waals surface area contributed by atoms with E-state index < -0.39 is 5.54 Å². The number of rotatable bonds is 5. The summed E-state index contributed by atoms with van der Waals surface area (Å²) in [5.74, 6) is -0.0641. The van der Waals surface area contributed by atoms with Gasteiger partial charge in [0.25, 0.3) is 0 Å². The van der Waals surface area contributed by atoms with Crippen LogP contribution in [0.15, 0.2) is 5.38 Å². The number of hydrogen-bond donors (Lipinski definition) is 2. The summed E-state index contributed by atoms with van der Waals surface area (Å²) in [6.45, 7) is 3.94. The third-order valence-electron chi connectivity index (χ3n) is 4.42. The quantitative estimate of drug-likeness (QED) is 0.792. The predicted octanol–water partition coefficient (Wildman–Crippen LogP) is 1.75. The average molecular weight is 397 g/mol. The van der Waals surface area contributed by atoms with E-state index >= 15 is 0 Å². The van der Waals surface area contributed by atoms with E-state index in [0.29, 0.717) is 32.6 Å². The van der Waals surface area contributed by atoms with E-state index in [2.05, 4.69) is 20.6 Å². The minimum absolute atomic E-state index is 0. The lowest BCUT2D eigenvalue weighted by atomic mass is 9.90. The third-order valence-corrected chi connectivity index (χ3v) is 5.37. The summed E-state index contributed by atoms with van der Waals surface area (Å²) in [4.78, 5) is 19.2. The molecule has 1 amide bonds. The molecule has 0 unspecified atom stereocenters. The number of anilines is 1. The molecule has 0 saturated carbocycles. The molecule has 0 spiro atoms. The molecule has 6 nitrogen and oxygen atoms in total. The van der Waals surface area contributed by atoms with Crippen LogP contribution in [-0.4, -0.2) is 49.3 Å². The molecule has 2 aliphatic rings. The minimum Gasteiger partial charge on any atom is -0.381 e. The fourth-order valence-electron chi connectivity index (χ4n) is 2.91. The number of ether oxygens (including phenoxy) is 1. The molecule has 3 N–H and O–H groups in total. The summed E-state index contributed by atoms with van der Waals surface area (Å²) >= 11 is 1.69. The summed E-state index contributed by atoms with van der Waals surface area (Å²) in [7, 11) is 0. The molecule has 9 heteroatoms. The van der Waals surface area contributed by atoms with Crippen molar-refractivity contribution in [2.45, 2.75) is 37.6 Å². The second kappa shape index (κ2) is 9.77. The summed E-state index contributed by atoms with van der Waals surface area (Å²) in [6.07, 6.45) is 4.45. The van der Waals surface area contributed by atoms with Crippen molar-refractivity contribution in [1.29, 1.82) is 0 Å². The van der Waals surface area contributed by atoms with Crippen LogP contribution >= 0.6 is 36.2 Å². The fraction of sp³-hybridized carbons (Fsp3) is 0.733. The Labute approximate surface area is 159 Å². The van der Waals surface area contributed by atoms with Crippen molar-refractivity contribution < 1.29 is 9.53 Å². The number of hydrogen-bond acceptors (Lipinski definition) is 6. The van der Waals surface area contributed by atoms with Crippen LogP contribution in [0.4, 0.5) is 5.13 Å². The van der Waals surface area contributed by atoms with Gasteiger partial charge in [-0.15, -0.1) is 36.2 Å². The molecule has 138 valence electrons. The largest absolute Gasteiger partial charge is 0.381 e. The van der Waals surface area contributed by atoms with Crippen LogP contribution in [0.25, 0.3) is 0 Å². The molecular formula is C15H26Cl2N4O2S. The highest BCUT2D eigenvalue weighted by atomic mass is 35.5. The van der Waals surface area contributed by atoms with E-state index in [4.69, 9.17) is 10.5 Å². The third kappa shape index (κ3) is 5.20. The molecular weight excluding hydrogens is 371 g/mol. The van der Waals surface area contributed by atoms with Crippen LogP contribution in [0.5, 0.6) is 0 Å². The molecule has 0 atom stereocenters. The SMILES string of the molecule is Cl.Cl.NC1(C(=O)NCCc2csc(N3CCCC3)n2)CCOCC1. The highest BCUT2D eigenvalue weighted by molar-refractivity contribution is 7.13. The van der Waals surface area contributed by atoms with E-state index in [9.17, 15) is 4.79 Å². The molecule has 0 aliphatic carbocycles. The topological polar surface area (TPSA) is 80.5 Å². The summed E-state index contributed by atoms with van der Waals surface area (Å²) in [5, 5.41) is 6.15. The molecule has 1 aromatic heterocycles. The van der Waals surface area contributed by atoms with Crippen molar-refractivity contribution in [1.82, 2.24) is 10.3 Å². The second-order valence-corrected chi connectivity index (χ2v) is 6.93. The van der Waals surface area contributed by atoms with Gasteiger partial charge in [0.05, 0.1) is 11.2 Å². The van der Waals surface area contributed by atoms with Gasteiger partial charge in [-0.3, -0.25) is 4.79 Å². The van der Waals surface area contributed by atoms with Crippen LogP contribution < -0.4 is 16.0 Å². The smallest absolute Gasteiger partial charge is 0.240 e. The summed E-state index contributed by atoms with van der Waals surface area (Å²) in [5.41, 5.74) is 6.44. The van der Waals surface area contributed by atoms with Crippen LogP contribution in [0.3, 0.4) is 0 Å². The maximum atomic E-state index is 12.2. The molecule has 2 fully saturated rings. The Morgan fingerprint density at radius 1 is 1.33 bits per heavy atom. The van der Waals surface area contributed by atoms with Gasteiger partial charge < -0.3 is 20.7 Å². The Bertz CT molecular complexity index is 517. The van der Waals surface area contributed by atoms with Crippen LogP contribution in [-0.2, 0) is 16.0 Å². The zero-order chi connectivity index (χ0) is 15.4. The fourth-order valence-corrected chi connectivity index (χ4v) is 3.82. The van der Waals surface area contributed by atoms with Gasteiger partial charge in [0.15, 0.2) is 5.13 Å². The van der Waals surface area contributed by atoms with E-state index in [0.717, 1.165) is 30.3 Å². The molecule has 2 saturated heterocycles. The number of carbonyl (C=O) groups is 1. The number of nitrogens with two attached hydrogens (primary N) is 1. The molecule has 0 radical (unpaired) electrons. The lowest BCUT2D eigenvalue weighted by Gasteiger charge is -2.31. The van der Waals surface area contributed by atoms with E-state index in [-0.39, 0.29) is 30.7 Å². The highest BCUT2D eigenvalue weighted by Crippen LogP contribution is 2.24. The molecule has 3 rings (SSSR count). The zero-order valence-electron chi connectivity index (χ0n) is 13.7. The van der Waals surface area contributed by atoms with Crippen LogP contribution in [0.2, 0.25) is 0 Å². The number of nitrogens with zero attached hydrogens (tertiary/aromatic N) is 2. The Morgan fingerprint density at radius 3 is 2.67 bits per heavy atom. The van der Waals surface area contributed by atoms with Crippen LogP contribution in [0, 0.1) is 0 Å². The highest BCUT2D eigenvalue weighted by Gasteiger charge is 2.35. The standard InChI is InChI=1S/C15H24N4O2S.2ClH/c16-15(4-9-21-10-5-15)13(20)17-6-3-12-11-22-14(18-12)19-7-1-2-8-19;;/h11H,1-10,16H2,(H,17,20);2*1H. The van der Waals surface area contributed by atoms with Gasteiger partial charge >= 0.3 is 0 Å². The molecule has 0 bridgehead atoms. The van der Waals surface area contributed by atoms with Crippen molar-refractivity contribution in [3.05, 3.63) is 11.1 Å².